The Labute approximate surface area is 76.2 Å². The molecule has 0 heterocycles. The SMILES string of the molecule is COCC(OC)(OC)[O][Zr]. The van der Waals surface area contributed by atoms with Gasteiger partial charge in [0.1, 0.15) is 0 Å². The molecule has 0 saturated heterocycles. The van der Waals surface area contributed by atoms with E-state index in [1.165, 1.54) is 14.2 Å². The molecule has 4 nitrogen and oxygen atoms in total. The third kappa shape index (κ3) is 2.76. The quantitative estimate of drug-likeness (QED) is 0.621. The number of hydrogen-bond acceptors (Lipinski definition) is 4. The van der Waals surface area contributed by atoms with Gasteiger partial charge in [-0.2, -0.15) is 0 Å². The monoisotopic (exact) mass is 225 g/mol. The second kappa shape index (κ2) is 5.38. The maximum absolute atomic E-state index is 5.00. The third-order valence-electron chi connectivity index (χ3n) is 1.10. The topological polar surface area (TPSA) is 36.9 Å². The first-order chi connectivity index (χ1) is 4.74. The molecule has 0 rings (SSSR count). The van der Waals surface area contributed by atoms with Crippen LogP contribution in [0.5, 0.6) is 0 Å². The van der Waals surface area contributed by atoms with Crippen molar-refractivity contribution in [3.8, 4) is 0 Å². The van der Waals surface area contributed by atoms with Crippen LogP contribution < -0.4 is 0 Å². The molecule has 0 aliphatic carbocycles. The molecule has 0 aromatic rings. The first-order valence-electron chi connectivity index (χ1n) is 2.68. The molecule has 0 fully saturated rings. The van der Waals surface area contributed by atoms with E-state index in [0.29, 0.717) is 0 Å². The Morgan fingerprint density at radius 3 is 1.80 bits per heavy atom. The summed E-state index contributed by atoms with van der Waals surface area (Å²) >= 11 is 0.881. The van der Waals surface area contributed by atoms with E-state index in [1.807, 2.05) is 0 Å². The average Bonchev–Trinajstić information content (AvgIpc) is 2.01. The summed E-state index contributed by atoms with van der Waals surface area (Å²) in [6.07, 6.45) is 0. The van der Waals surface area contributed by atoms with E-state index in [4.69, 9.17) is 17.0 Å². The van der Waals surface area contributed by atoms with Gasteiger partial charge in [-0.05, 0) is 0 Å². The molecule has 0 spiro atoms. The van der Waals surface area contributed by atoms with Gasteiger partial charge in [-0.15, -0.1) is 0 Å². The maximum atomic E-state index is 5.00. The average molecular weight is 226 g/mol. The van der Waals surface area contributed by atoms with Gasteiger partial charge in [0.25, 0.3) is 0 Å². The van der Waals surface area contributed by atoms with Crippen molar-refractivity contribution in [3.63, 3.8) is 0 Å². The van der Waals surface area contributed by atoms with Crippen molar-refractivity contribution in [2.45, 2.75) is 5.97 Å². The molecule has 0 saturated carbocycles. The molecular weight excluding hydrogens is 215 g/mol. The van der Waals surface area contributed by atoms with Crippen molar-refractivity contribution in [2.24, 2.45) is 0 Å². The molecule has 0 radical (unpaired) electrons. The van der Waals surface area contributed by atoms with E-state index >= 15 is 0 Å². The Kier molecular flexibility index (Phi) is 5.77. The fourth-order valence-corrected chi connectivity index (χ4v) is 1.05. The zero-order chi connectivity index (χ0) is 8.04. The van der Waals surface area contributed by atoms with Crippen molar-refractivity contribution < 1.29 is 42.2 Å². The van der Waals surface area contributed by atoms with Crippen LogP contribution in [0.2, 0.25) is 0 Å². The Morgan fingerprint density at radius 2 is 1.70 bits per heavy atom. The van der Waals surface area contributed by atoms with Gasteiger partial charge < -0.3 is 0 Å². The van der Waals surface area contributed by atoms with Gasteiger partial charge in [-0.1, -0.05) is 0 Å². The molecule has 0 aliphatic heterocycles. The van der Waals surface area contributed by atoms with E-state index in [0.717, 1.165) is 25.2 Å². The number of rotatable bonds is 5. The van der Waals surface area contributed by atoms with E-state index in [1.54, 1.807) is 7.11 Å². The molecule has 0 aromatic carbocycles. The van der Waals surface area contributed by atoms with Gasteiger partial charge in [0, 0.05) is 0 Å². The van der Waals surface area contributed by atoms with Gasteiger partial charge in [-0.3, -0.25) is 0 Å². The van der Waals surface area contributed by atoms with Crippen LogP contribution in [-0.4, -0.2) is 33.9 Å². The first-order valence-corrected chi connectivity index (χ1v) is 3.69. The minimum absolute atomic E-state index is 0.269. The van der Waals surface area contributed by atoms with Crippen molar-refractivity contribution in [1.29, 1.82) is 0 Å². The molecule has 0 atom stereocenters. The minimum atomic E-state index is -1.01. The molecule has 0 N–H and O–H groups in total. The second-order valence-corrected chi connectivity index (χ2v) is 2.13. The van der Waals surface area contributed by atoms with Crippen LogP contribution in [0.3, 0.4) is 0 Å². The van der Waals surface area contributed by atoms with Gasteiger partial charge in [0.15, 0.2) is 0 Å². The molecule has 0 bridgehead atoms. The molecule has 0 unspecified atom stereocenters. The summed E-state index contributed by atoms with van der Waals surface area (Å²) in [5.74, 6) is -1.01. The van der Waals surface area contributed by atoms with E-state index in [9.17, 15) is 0 Å². The van der Waals surface area contributed by atoms with Crippen molar-refractivity contribution >= 4 is 0 Å². The van der Waals surface area contributed by atoms with Gasteiger partial charge in [0.2, 0.25) is 0 Å². The van der Waals surface area contributed by atoms with E-state index < -0.39 is 5.97 Å². The summed E-state index contributed by atoms with van der Waals surface area (Å²) in [5.41, 5.74) is 0. The fourth-order valence-electron chi connectivity index (χ4n) is 0.491. The Morgan fingerprint density at radius 1 is 1.20 bits per heavy atom. The summed E-state index contributed by atoms with van der Waals surface area (Å²) in [7, 11) is 4.57. The Balaban J connectivity index is 3.87. The number of methoxy groups -OCH3 is 3. The van der Waals surface area contributed by atoms with Crippen LogP contribution in [0.25, 0.3) is 0 Å². The standard InChI is InChI=1S/C5H11O4.Zr/c1-7-4-5(6,8-2)9-3;/h4H2,1-3H3;/q-1;+1. The van der Waals surface area contributed by atoms with Crippen LogP contribution in [0.4, 0.5) is 0 Å². The molecule has 0 aromatic heterocycles. The Hall–Kier alpha value is 0.723. The van der Waals surface area contributed by atoms with Gasteiger partial charge in [0.05, 0.1) is 0 Å². The summed E-state index contributed by atoms with van der Waals surface area (Å²) in [6, 6.07) is 0. The van der Waals surface area contributed by atoms with Crippen LogP contribution in [0.1, 0.15) is 0 Å². The summed E-state index contributed by atoms with van der Waals surface area (Å²) in [4.78, 5) is 0. The molecule has 59 valence electrons. The van der Waals surface area contributed by atoms with E-state index in [-0.39, 0.29) is 6.61 Å². The van der Waals surface area contributed by atoms with Crippen molar-refractivity contribution in [3.05, 3.63) is 0 Å². The molecule has 0 amide bonds. The molecule has 0 aliphatic rings. The second-order valence-electron chi connectivity index (χ2n) is 1.63. The third-order valence-corrected chi connectivity index (χ3v) is 1.86. The Bertz CT molecular complexity index is 75.5. The zero-order valence-electron chi connectivity index (χ0n) is 6.34. The fraction of sp³-hybridized carbons (Fsp3) is 1.00. The zero-order valence-corrected chi connectivity index (χ0v) is 8.80. The van der Waals surface area contributed by atoms with Crippen LogP contribution in [0, 0.1) is 0 Å². The molecule has 5 heteroatoms. The van der Waals surface area contributed by atoms with Crippen LogP contribution in [0.15, 0.2) is 0 Å². The van der Waals surface area contributed by atoms with Crippen LogP contribution in [-0.2, 0) is 42.2 Å². The van der Waals surface area contributed by atoms with Crippen LogP contribution >= 0.6 is 0 Å². The first kappa shape index (κ1) is 10.7. The molecule has 10 heavy (non-hydrogen) atoms. The normalized spacial score (nSPS) is 11.8. The molecular formula is C5H11O4Zr. The van der Waals surface area contributed by atoms with Gasteiger partial charge in [-0.25, -0.2) is 0 Å². The summed E-state index contributed by atoms with van der Waals surface area (Å²) in [6.45, 7) is 0.269. The van der Waals surface area contributed by atoms with Crippen molar-refractivity contribution in [2.75, 3.05) is 27.9 Å². The summed E-state index contributed by atoms with van der Waals surface area (Å²) < 4.78 is 19.7. The number of hydrogen-bond donors (Lipinski definition) is 0. The van der Waals surface area contributed by atoms with Crippen molar-refractivity contribution in [1.82, 2.24) is 0 Å². The van der Waals surface area contributed by atoms with Gasteiger partial charge >= 0.3 is 76.1 Å². The predicted molar refractivity (Wildman–Crippen MR) is 29.7 cm³/mol. The predicted octanol–water partition coefficient (Wildman–Crippen LogP) is 0.0578. The van der Waals surface area contributed by atoms with E-state index in [2.05, 4.69) is 0 Å². The summed E-state index contributed by atoms with van der Waals surface area (Å²) in [5, 5.41) is 0. The number of ether oxygens (including phenoxy) is 3.